The maximum Gasteiger partial charge on any atom is 0.212 e. The SMILES string of the molecule is Cc1ccccc1-c1ccc(-c2cccc(C3C4CCC3C4)c2)c[n+]1C.[2H]C1([2H])C([2H])([2H])C([2H])([2H])C([2H])(c2ccc(-c3ccc(-c4ccccc4C)[n+](C)c3)cc2)C([2H])([2H])C1([2H])[2H].[2H]C1(c2ccc(-c3ccc(-c4ccccc4C)[n+](C)c3)cc2)CCCCC1. The first-order valence-electron chi connectivity index (χ1n) is 34.1. The van der Waals surface area contributed by atoms with Crippen LogP contribution in [0.1, 0.15) is 151 Å². The molecule has 0 spiro atoms. The minimum absolute atomic E-state index is 0.282. The van der Waals surface area contributed by atoms with Crippen LogP contribution in [0.4, 0.5) is 0 Å². The van der Waals surface area contributed by atoms with Crippen LogP contribution in [0.2, 0.25) is 0 Å². The fraction of sp³-hybridized carbons (Fsp3) is 0.320. The van der Waals surface area contributed by atoms with E-state index in [-0.39, 0.29) is 11.5 Å². The van der Waals surface area contributed by atoms with Gasteiger partial charge in [0, 0.05) is 68.0 Å². The first-order valence-corrected chi connectivity index (χ1v) is 28.1. The number of aryl methyl sites for hydroxylation is 6. The largest absolute Gasteiger partial charge is 0.212 e. The van der Waals surface area contributed by atoms with Crippen molar-refractivity contribution < 1.29 is 30.2 Å². The van der Waals surface area contributed by atoms with E-state index in [1.54, 1.807) is 17.7 Å². The van der Waals surface area contributed by atoms with Crippen LogP contribution in [0, 0.1) is 32.6 Å². The third-order valence-electron chi connectivity index (χ3n) is 16.9. The number of fused-ring (bicyclic) bond motifs is 1. The van der Waals surface area contributed by atoms with Crippen LogP contribution >= 0.6 is 0 Å². The fourth-order valence-corrected chi connectivity index (χ4v) is 12.5. The summed E-state index contributed by atoms with van der Waals surface area (Å²) in [6, 6.07) is 61.6. The zero-order chi connectivity index (χ0) is 64.3. The van der Waals surface area contributed by atoms with E-state index in [2.05, 4.69) is 171 Å². The highest BCUT2D eigenvalue weighted by Crippen LogP contribution is 2.59. The van der Waals surface area contributed by atoms with E-state index >= 15 is 0 Å². The lowest BCUT2D eigenvalue weighted by atomic mass is 9.68. The highest BCUT2D eigenvalue weighted by Gasteiger charge is 2.47. The van der Waals surface area contributed by atoms with Gasteiger partial charge in [-0.25, -0.2) is 13.7 Å². The van der Waals surface area contributed by atoms with Crippen molar-refractivity contribution in [2.24, 2.45) is 33.0 Å². The van der Waals surface area contributed by atoms with E-state index in [0.29, 0.717) is 5.56 Å². The van der Waals surface area contributed by atoms with Gasteiger partial charge in [0.05, 0.1) is 0 Å². The maximum atomic E-state index is 8.91. The molecule has 14 rings (SSSR count). The van der Waals surface area contributed by atoms with Crippen molar-refractivity contribution in [1.82, 2.24) is 0 Å². The van der Waals surface area contributed by atoms with Gasteiger partial charge < -0.3 is 0 Å². The quantitative estimate of drug-likeness (QED) is 0.128. The molecular weight excluding hydrogens is 943 g/mol. The van der Waals surface area contributed by atoms with E-state index < -0.39 is 37.8 Å². The van der Waals surface area contributed by atoms with Crippen LogP contribution in [0.15, 0.2) is 201 Å². The van der Waals surface area contributed by atoms with Crippen molar-refractivity contribution in [2.75, 3.05) is 0 Å². The van der Waals surface area contributed by atoms with Crippen molar-refractivity contribution in [3.8, 4) is 67.2 Å². The van der Waals surface area contributed by atoms with E-state index in [1.807, 2.05) is 61.1 Å². The highest BCUT2D eigenvalue weighted by atomic mass is 14.9. The molecule has 9 aromatic rings. The monoisotopic (exact) mass is 1040 g/mol. The van der Waals surface area contributed by atoms with Gasteiger partial charge in [-0.1, -0.05) is 166 Å². The summed E-state index contributed by atoms with van der Waals surface area (Å²) in [6.07, 6.45) is -1.02. The Morgan fingerprint density at radius 2 is 0.782 bits per heavy atom. The van der Waals surface area contributed by atoms with Gasteiger partial charge >= 0.3 is 0 Å². The molecule has 3 heterocycles. The standard InChI is InChI=1S/C25H26N.2C25H28N/c1-17-6-3-4-9-23(17)24-13-12-22(16-26(24)2)18-7-5-8-19(14-18)25-20-10-11-21(25)15-20;2*1-19-8-6-7-11-24(19)25-17-16-23(18-26(25)2)22-14-12-21(13-15-22)20-9-4-3-5-10-20/h3-9,12-14,16,20-21,25H,10-11,15H2,1-2H3;2*6-8,11-18,20H,3-5,9-10H2,1-2H3/q3*+1/i;3D2,4D2,5D2,9D2,10D2,20D;20D. The Balaban J connectivity index is 0.000000142. The molecule has 3 aromatic heterocycles. The molecule has 0 amide bonds. The van der Waals surface area contributed by atoms with Crippen LogP contribution in [-0.4, -0.2) is 0 Å². The van der Waals surface area contributed by atoms with Crippen molar-refractivity contribution in [1.29, 1.82) is 0 Å². The Kier molecular flexibility index (Phi) is 12.4. The number of hydrogen-bond acceptors (Lipinski definition) is 0. The smallest absolute Gasteiger partial charge is 0.200 e. The van der Waals surface area contributed by atoms with Crippen LogP contribution < -0.4 is 13.7 Å². The molecule has 2 bridgehead atoms. The normalized spacial score (nSPS) is 24.3. The van der Waals surface area contributed by atoms with E-state index in [1.165, 1.54) is 112 Å². The number of hydrogen-bond donors (Lipinski definition) is 0. The molecular formula is C75H82N3+3. The Morgan fingerprint density at radius 1 is 0.372 bits per heavy atom. The lowest BCUT2D eigenvalue weighted by Gasteiger charge is -2.36. The van der Waals surface area contributed by atoms with Gasteiger partial charge in [-0.3, -0.25) is 0 Å². The molecule has 2 unspecified atom stereocenters. The molecule has 0 radical (unpaired) electrons. The summed E-state index contributed by atoms with van der Waals surface area (Å²) >= 11 is 0. The molecule has 78 heavy (non-hydrogen) atoms. The molecule has 5 aliphatic rings. The summed E-state index contributed by atoms with van der Waals surface area (Å²) < 4.78 is 107. The predicted octanol–water partition coefficient (Wildman–Crippen LogP) is 18.1. The number of benzene rings is 6. The van der Waals surface area contributed by atoms with Gasteiger partial charge in [0.25, 0.3) is 0 Å². The summed E-state index contributed by atoms with van der Waals surface area (Å²) in [5.74, 6) is -0.730. The van der Waals surface area contributed by atoms with E-state index in [0.717, 1.165) is 53.0 Å². The third-order valence-corrected chi connectivity index (χ3v) is 16.9. The first kappa shape index (κ1) is 40.0. The Morgan fingerprint density at radius 3 is 1.21 bits per heavy atom. The maximum absolute atomic E-state index is 8.91. The number of aromatic nitrogens is 3. The van der Waals surface area contributed by atoms with Gasteiger partial charge in [-0.2, -0.15) is 0 Å². The molecule has 3 nitrogen and oxygen atoms in total. The van der Waals surface area contributed by atoms with Crippen LogP contribution in [0.5, 0.6) is 0 Å². The average Bonchev–Trinajstić information content (AvgIpc) is 0.965. The van der Waals surface area contributed by atoms with Crippen molar-refractivity contribution in [3.63, 3.8) is 0 Å². The van der Waals surface area contributed by atoms with Gasteiger partial charge in [-0.05, 0) is 182 Å². The number of rotatable bonds is 9. The Bertz CT molecular complexity index is 4050. The summed E-state index contributed by atoms with van der Waals surface area (Å²) in [6.45, 7) is 6.36. The lowest BCUT2D eigenvalue weighted by Crippen LogP contribution is -2.30. The molecule has 2 atom stereocenters. The fourth-order valence-electron chi connectivity index (χ4n) is 12.5. The highest BCUT2D eigenvalue weighted by molar-refractivity contribution is 5.69. The molecule has 5 aliphatic carbocycles. The second kappa shape index (κ2) is 24.2. The zero-order valence-corrected chi connectivity index (χ0v) is 46.3. The molecule has 6 aromatic carbocycles. The molecule has 5 saturated carbocycles. The third kappa shape index (κ3) is 11.8. The number of pyridine rings is 3. The summed E-state index contributed by atoms with van der Waals surface area (Å²) in [5, 5.41) is 0. The van der Waals surface area contributed by atoms with Crippen molar-refractivity contribution >= 4 is 0 Å². The minimum Gasteiger partial charge on any atom is -0.200 e. The molecule has 0 saturated heterocycles. The summed E-state index contributed by atoms with van der Waals surface area (Å²) in [7, 11) is 6.17. The first-order chi connectivity index (χ1) is 42.6. The van der Waals surface area contributed by atoms with Crippen molar-refractivity contribution in [3.05, 3.63) is 234 Å². The van der Waals surface area contributed by atoms with E-state index in [4.69, 9.17) is 16.4 Å². The van der Waals surface area contributed by atoms with Crippen LogP contribution in [0.3, 0.4) is 0 Å². The lowest BCUT2D eigenvalue weighted by molar-refractivity contribution is -0.660. The Labute approximate surface area is 484 Å². The van der Waals surface area contributed by atoms with E-state index in [9.17, 15) is 0 Å². The molecule has 0 aliphatic heterocycles. The zero-order valence-electron chi connectivity index (χ0n) is 58.3. The molecule has 3 heteroatoms. The second-order valence-electron chi connectivity index (χ2n) is 22.0. The topological polar surface area (TPSA) is 11.6 Å². The Hall–Kier alpha value is -7.23. The number of nitrogens with zero attached hydrogens (tertiary/aromatic N) is 3. The molecule has 5 fully saturated rings. The second-order valence-corrected chi connectivity index (χ2v) is 22.0. The van der Waals surface area contributed by atoms with Gasteiger partial charge in [-0.15, -0.1) is 0 Å². The summed E-state index contributed by atoms with van der Waals surface area (Å²) in [4.78, 5) is 0. The van der Waals surface area contributed by atoms with Gasteiger partial charge in [0.2, 0.25) is 17.1 Å². The van der Waals surface area contributed by atoms with Crippen molar-refractivity contribution in [2.45, 2.75) is 122 Å². The van der Waals surface area contributed by atoms with Gasteiger partial charge in [0.1, 0.15) is 21.1 Å². The van der Waals surface area contributed by atoms with Crippen LogP contribution in [0.25, 0.3) is 67.2 Å². The average molecular weight is 1040 g/mol. The predicted molar refractivity (Wildman–Crippen MR) is 325 cm³/mol. The van der Waals surface area contributed by atoms with Gasteiger partial charge in [0.15, 0.2) is 18.6 Å². The molecule has 394 valence electrons. The molecule has 0 N–H and O–H groups in total. The summed E-state index contributed by atoms with van der Waals surface area (Å²) in [5.41, 5.74) is 19.9. The van der Waals surface area contributed by atoms with Crippen LogP contribution in [-0.2, 0) is 21.1 Å². The minimum atomic E-state index is -3.54.